The van der Waals surface area contributed by atoms with Crippen molar-refractivity contribution in [1.82, 2.24) is 20.2 Å². The van der Waals surface area contributed by atoms with Crippen LogP contribution < -0.4 is 5.69 Å². The minimum Gasteiger partial charge on any atom is -0.508 e. The molecule has 0 unspecified atom stereocenters. The second kappa shape index (κ2) is 5.10. The quantitative estimate of drug-likeness (QED) is 0.530. The van der Waals surface area contributed by atoms with Gasteiger partial charge in [0, 0.05) is 10.9 Å². The summed E-state index contributed by atoms with van der Waals surface area (Å²) in [6.07, 6.45) is 1.73. The van der Waals surface area contributed by atoms with Gasteiger partial charge >= 0.3 is 5.69 Å². The van der Waals surface area contributed by atoms with Gasteiger partial charge in [0.25, 0.3) is 0 Å². The van der Waals surface area contributed by atoms with Crippen LogP contribution >= 0.6 is 0 Å². The highest BCUT2D eigenvalue weighted by Crippen LogP contribution is 2.25. The Balaban J connectivity index is 1.85. The highest BCUT2D eigenvalue weighted by Gasteiger charge is 2.07. The highest BCUT2D eigenvalue weighted by molar-refractivity contribution is 5.83. The number of aromatic amines is 2. The minimum absolute atomic E-state index is 0.177. The van der Waals surface area contributed by atoms with Crippen LogP contribution in [0.25, 0.3) is 33.4 Å². The molecule has 2 heterocycles. The molecule has 0 saturated carbocycles. The van der Waals surface area contributed by atoms with Crippen LogP contribution in [0, 0.1) is 0 Å². The molecule has 4 aromatic rings. The lowest BCUT2D eigenvalue weighted by Gasteiger charge is -2.05. The molecule has 6 heteroatoms. The maximum Gasteiger partial charge on any atom is 0.345 e. The van der Waals surface area contributed by atoms with Crippen LogP contribution in [0.15, 0.2) is 59.5 Å². The molecule has 0 saturated heterocycles. The maximum atomic E-state index is 11.9. The molecule has 0 aliphatic rings. The van der Waals surface area contributed by atoms with Crippen LogP contribution in [-0.4, -0.2) is 25.3 Å². The van der Waals surface area contributed by atoms with Crippen molar-refractivity contribution < 1.29 is 5.11 Å². The van der Waals surface area contributed by atoms with Gasteiger partial charge in [-0.1, -0.05) is 6.07 Å². The van der Waals surface area contributed by atoms with E-state index in [1.807, 2.05) is 24.3 Å². The summed E-state index contributed by atoms with van der Waals surface area (Å²) in [5.74, 6) is 0.177. The molecule has 0 aliphatic heterocycles. The van der Waals surface area contributed by atoms with Crippen molar-refractivity contribution in [2.24, 2.45) is 0 Å². The molecule has 0 aliphatic carbocycles. The van der Waals surface area contributed by atoms with E-state index in [2.05, 4.69) is 20.2 Å². The van der Waals surface area contributed by atoms with E-state index in [0.29, 0.717) is 11.4 Å². The van der Waals surface area contributed by atoms with Crippen molar-refractivity contribution in [3.63, 3.8) is 0 Å². The number of nitrogens with zero attached hydrogens (tertiary/aromatic N) is 2. The summed E-state index contributed by atoms with van der Waals surface area (Å²) in [5.41, 5.74) is 3.38. The van der Waals surface area contributed by atoms with Gasteiger partial charge in [0.1, 0.15) is 5.75 Å². The summed E-state index contributed by atoms with van der Waals surface area (Å²) in [6.45, 7) is 0. The molecule has 4 rings (SSSR count). The molecule has 6 nitrogen and oxygen atoms in total. The molecule has 0 fully saturated rings. The first-order chi connectivity index (χ1) is 11.2. The van der Waals surface area contributed by atoms with Gasteiger partial charge in [-0.25, -0.2) is 4.79 Å². The molecular formula is C17H12N4O2. The number of aromatic nitrogens is 4. The average Bonchev–Trinajstić information content (AvgIpc) is 3.02. The fourth-order valence-corrected chi connectivity index (χ4v) is 2.50. The molecule has 3 N–H and O–H groups in total. The van der Waals surface area contributed by atoms with Gasteiger partial charge in [-0.2, -0.15) is 10.1 Å². The van der Waals surface area contributed by atoms with E-state index in [1.54, 1.807) is 30.5 Å². The van der Waals surface area contributed by atoms with Gasteiger partial charge in [-0.05, 0) is 48.0 Å². The SMILES string of the molecule is O=c1nc(-c2ccc3[nH]ncc3c2)cc(-c2ccc(O)cc2)[nH]1. The van der Waals surface area contributed by atoms with Crippen molar-refractivity contribution in [3.8, 4) is 28.3 Å². The zero-order valence-electron chi connectivity index (χ0n) is 11.9. The topological polar surface area (TPSA) is 94.7 Å². The first-order valence-corrected chi connectivity index (χ1v) is 7.03. The molecular weight excluding hydrogens is 292 g/mol. The Morgan fingerprint density at radius 2 is 1.74 bits per heavy atom. The third kappa shape index (κ3) is 2.46. The molecule has 23 heavy (non-hydrogen) atoms. The van der Waals surface area contributed by atoms with E-state index in [4.69, 9.17) is 0 Å². The molecule has 2 aromatic heterocycles. The standard InChI is InChI=1S/C17H12N4O2/c22-13-4-1-10(2-5-13)15-8-16(20-17(23)19-15)11-3-6-14-12(7-11)9-18-21-14/h1-9,22H,(H,18,21)(H,19,20,23). The van der Waals surface area contributed by atoms with E-state index in [-0.39, 0.29) is 5.75 Å². The molecule has 0 radical (unpaired) electrons. The fourth-order valence-electron chi connectivity index (χ4n) is 2.50. The summed E-state index contributed by atoms with van der Waals surface area (Å²) >= 11 is 0. The summed E-state index contributed by atoms with van der Waals surface area (Å²) in [6, 6.07) is 14.2. The smallest absolute Gasteiger partial charge is 0.345 e. The molecule has 0 bridgehead atoms. The van der Waals surface area contributed by atoms with Gasteiger partial charge in [0.2, 0.25) is 0 Å². The lowest BCUT2D eigenvalue weighted by Crippen LogP contribution is -2.11. The first kappa shape index (κ1) is 13.3. The number of phenols is 1. The minimum atomic E-state index is -0.419. The summed E-state index contributed by atoms with van der Waals surface area (Å²) in [7, 11) is 0. The molecule has 0 atom stereocenters. The van der Waals surface area contributed by atoms with Crippen molar-refractivity contribution in [3.05, 3.63) is 65.2 Å². The zero-order valence-corrected chi connectivity index (χ0v) is 11.9. The van der Waals surface area contributed by atoms with Gasteiger partial charge in [0.05, 0.1) is 23.1 Å². The summed E-state index contributed by atoms with van der Waals surface area (Å²) in [5, 5.41) is 17.2. The van der Waals surface area contributed by atoms with Gasteiger partial charge < -0.3 is 10.1 Å². The second-order valence-electron chi connectivity index (χ2n) is 5.20. The highest BCUT2D eigenvalue weighted by atomic mass is 16.3. The lowest BCUT2D eigenvalue weighted by molar-refractivity contribution is 0.475. The molecule has 112 valence electrons. The number of hydrogen-bond acceptors (Lipinski definition) is 4. The Labute approximate surface area is 130 Å². The largest absolute Gasteiger partial charge is 0.508 e. The van der Waals surface area contributed by atoms with Crippen LogP contribution in [0.2, 0.25) is 0 Å². The number of hydrogen-bond donors (Lipinski definition) is 3. The van der Waals surface area contributed by atoms with Crippen molar-refractivity contribution in [2.45, 2.75) is 0 Å². The van der Waals surface area contributed by atoms with Crippen LogP contribution in [0.1, 0.15) is 0 Å². The number of benzene rings is 2. The number of nitrogens with one attached hydrogen (secondary N) is 2. The predicted molar refractivity (Wildman–Crippen MR) is 87.0 cm³/mol. The Bertz CT molecular complexity index is 1050. The second-order valence-corrected chi connectivity index (χ2v) is 5.20. The Morgan fingerprint density at radius 1 is 0.957 bits per heavy atom. The van der Waals surface area contributed by atoms with E-state index in [0.717, 1.165) is 22.0 Å². The fraction of sp³-hybridized carbons (Fsp3) is 0. The van der Waals surface area contributed by atoms with Crippen LogP contribution in [0.4, 0.5) is 0 Å². The van der Waals surface area contributed by atoms with E-state index in [9.17, 15) is 9.90 Å². The van der Waals surface area contributed by atoms with Gasteiger partial charge in [-0.3, -0.25) is 5.10 Å². The van der Waals surface area contributed by atoms with E-state index in [1.165, 1.54) is 0 Å². The Morgan fingerprint density at radius 3 is 2.57 bits per heavy atom. The van der Waals surface area contributed by atoms with Crippen LogP contribution in [-0.2, 0) is 0 Å². The number of fused-ring (bicyclic) bond motifs is 1. The normalized spacial score (nSPS) is 11.0. The average molecular weight is 304 g/mol. The van der Waals surface area contributed by atoms with Crippen molar-refractivity contribution >= 4 is 10.9 Å². The van der Waals surface area contributed by atoms with Crippen molar-refractivity contribution in [2.75, 3.05) is 0 Å². The third-order valence-corrected chi connectivity index (χ3v) is 3.66. The summed E-state index contributed by atoms with van der Waals surface area (Å²) in [4.78, 5) is 18.7. The first-order valence-electron chi connectivity index (χ1n) is 7.03. The van der Waals surface area contributed by atoms with Gasteiger partial charge in [0.15, 0.2) is 0 Å². The lowest BCUT2D eigenvalue weighted by atomic mass is 10.1. The van der Waals surface area contributed by atoms with Crippen molar-refractivity contribution in [1.29, 1.82) is 0 Å². The Kier molecular flexibility index (Phi) is 2.94. The Hall–Kier alpha value is -3.41. The number of aromatic hydroxyl groups is 1. The third-order valence-electron chi connectivity index (χ3n) is 3.66. The monoisotopic (exact) mass is 304 g/mol. The van der Waals surface area contributed by atoms with Gasteiger partial charge in [-0.15, -0.1) is 0 Å². The van der Waals surface area contributed by atoms with E-state index >= 15 is 0 Å². The van der Waals surface area contributed by atoms with Crippen LogP contribution in [0.3, 0.4) is 0 Å². The predicted octanol–water partition coefficient (Wildman–Crippen LogP) is 2.69. The maximum absolute atomic E-state index is 11.9. The summed E-state index contributed by atoms with van der Waals surface area (Å²) < 4.78 is 0. The zero-order chi connectivity index (χ0) is 15.8. The van der Waals surface area contributed by atoms with E-state index < -0.39 is 5.69 Å². The molecule has 2 aromatic carbocycles. The van der Waals surface area contributed by atoms with Crippen LogP contribution in [0.5, 0.6) is 5.75 Å². The molecule has 0 amide bonds. The number of phenolic OH excluding ortho intramolecular Hbond substituents is 1. The molecule has 0 spiro atoms. The number of H-pyrrole nitrogens is 2. The number of rotatable bonds is 2.